The van der Waals surface area contributed by atoms with Crippen molar-refractivity contribution in [3.8, 4) is 0 Å². The summed E-state index contributed by atoms with van der Waals surface area (Å²) in [5.74, 6) is -4.21. The number of aromatic nitrogens is 1. The molecule has 0 radical (unpaired) electrons. The molecule has 106 valence electrons. The molecule has 0 saturated heterocycles. The Labute approximate surface area is 118 Å². The van der Waals surface area contributed by atoms with Crippen molar-refractivity contribution >= 4 is 10.9 Å². The molecule has 1 heterocycles. The largest absolute Gasteiger partial charge is 0.384 e. The molecule has 1 atom stereocenters. The Morgan fingerprint density at radius 2 is 1.67 bits per heavy atom. The molecule has 0 bridgehead atoms. The van der Waals surface area contributed by atoms with Gasteiger partial charge in [0.1, 0.15) is 6.10 Å². The van der Waals surface area contributed by atoms with Crippen molar-refractivity contribution in [2.45, 2.75) is 6.10 Å². The van der Waals surface area contributed by atoms with E-state index in [1.54, 1.807) is 36.5 Å². The Morgan fingerprint density at radius 1 is 0.952 bits per heavy atom. The van der Waals surface area contributed by atoms with E-state index in [9.17, 15) is 18.3 Å². The summed E-state index contributed by atoms with van der Waals surface area (Å²) in [5, 5.41) is 11.0. The fourth-order valence-corrected chi connectivity index (χ4v) is 2.28. The highest BCUT2D eigenvalue weighted by Gasteiger charge is 2.18. The summed E-state index contributed by atoms with van der Waals surface area (Å²) in [6.45, 7) is 0. The van der Waals surface area contributed by atoms with E-state index in [2.05, 4.69) is 4.98 Å². The van der Waals surface area contributed by atoms with Gasteiger partial charge in [0.25, 0.3) is 0 Å². The molecule has 5 heteroatoms. The summed E-state index contributed by atoms with van der Waals surface area (Å²) in [5.41, 5.74) is 1.05. The molecule has 1 unspecified atom stereocenters. The Hall–Kier alpha value is -2.40. The Balaban J connectivity index is 2.15. The van der Waals surface area contributed by atoms with E-state index in [4.69, 9.17) is 0 Å². The molecule has 0 fully saturated rings. The average molecular weight is 289 g/mol. The molecule has 0 saturated carbocycles. The Kier molecular flexibility index (Phi) is 3.35. The van der Waals surface area contributed by atoms with Gasteiger partial charge in [-0.05, 0) is 35.4 Å². The standard InChI is InChI=1S/C16H10F3NO/c17-12-7-9(8-13(18)15(12)19)16(21)11-3-1-5-14-10(11)4-2-6-20-14/h1-8,16,21H. The van der Waals surface area contributed by atoms with Gasteiger partial charge in [0.2, 0.25) is 0 Å². The van der Waals surface area contributed by atoms with Gasteiger partial charge in [-0.3, -0.25) is 4.98 Å². The zero-order valence-electron chi connectivity index (χ0n) is 10.7. The molecule has 2 nitrogen and oxygen atoms in total. The van der Waals surface area contributed by atoms with Crippen LogP contribution in [0.2, 0.25) is 0 Å². The van der Waals surface area contributed by atoms with Crippen LogP contribution < -0.4 is 0 Å². The highest BCUT2D eigenvalue weighted by atomic mass is 19.2. The number of nitrogens with zero attached hydrogens (tertiary/aromatic N) is 1. The van der Waals surface area contributed by atoms with E-state index in [0.29, 0.717) is 16.5 Å². The van der Waals surface area contributed by atoms with Gasteiger partial charge in [-0.2, -0.15) is 0 Å². The number of fused-ring (bicyclic) bond motifs is 1. The van der Waals surface area contributed by atoms with Crippen LogP contribution in [0.1, 0.15) is 17.2 Å². The number of rotatable bonds is 2. The number of hydrogen-bond acceptors (Lipinski definition) is 2. The third-order valence-corrected chi connectivity index (χ3v) is 3.30. The molecule has 3 rings (SSSR count). The molecular formula is C16H10F3NO. The first kappa shape index (κ1) is 13.6. The summed E-state index contributed by atoms with van der Waals surface area (Å²) in [6.07, 6.45) is 0.331. The molecule has 1 N–H and O–H groups in total. The maximum absolute atomic E-state index is 13.3. The quantitative estimate of drug-likeness (QED) is 0.729. The molecule has 0 aliphatic heterocycles. The van der Waals surface area contributed by atoms with E-state index in [1.807, 2.05) is 0 Å². The van der Waals surface area contributed by atoms with Crippen molar-refractivity contribution in [1.29, 1.82) is 0 Å². The zero-order valence-corrected chi connectivity index (χ0v) is 10.7. The predicted molar refractivity (Wildman–Crippen MR) is 72.1 cm³/mol. The predicted octanol–water partition coefficient (Wildman–Crippen LogP) is 3.73. The molecule has 0 aliphatic carbocycles. The van der Waals surface area contributed by atoms with Gasteiger partial charge in [-0.25, -0.2) is 13.2 Å². The maximum Gasteiger partial charge on any atom is 0.194 e. The van der Waals surface area contributed by atoms with Crippen molar-refractivity contribution in [3.63, 3.8) is 0 Å². The van der Waals surface area contributed by atoms with Crippen LogP contribution >= 0.6 is 0 Å². The van der Waals surface area contributed by atoms with Gasteiger partial charge < -0.3 is 5.11 Å². The lowest BCUT2D eigenvalue weighted by Gasteiger charge is -2.14. The van der Waals surface area contributed by atoms with E-state index in [1.165, 1.54) is 0 Å². The monoisotopic (exact) mass is 289 g/mol. The Bertz CT molecular complexity index is 791. The molecule has 0 spiro atoms. The Morgan fingerprint density at radius 3 is 2.38 bits per heavy atom. The normalized spacial score (nSPS) is 12.6. The van der Waals surface area contributed by atoms with E-state index in [0.717, 1.165) is 12.1 Å². The highest BCUT2D eigenvalue weighted by Crippen LogP contribution is 2.29. The lowest BCUT2D eigenvalue weighted by molar-refractivity contribution is 0.220. The second kappa shape index (κ2) is 5.18. The van der Waals surface area contributed by atoms with E-state index >= 15 is 0 Å². The highest BCUT2D eigenvalue weighted by molar-refractivity contribution is 5.82. The van der Waals surface area contributed by atoms with Crippen LogP contribution in [0.5, 0.6) is 0 Å². The lowest BCUT2D eigenvalue weighted by atomic mass is 9.97. The summed E-state index contributed by atoms with van der Waals surface area (Å²) in [4.78, 5) is 4.15. The van der Waals surface area contributed by atoms with Gasteiger partial charge in [0.15, 0.2) is 17.5 Å². The number of halogens is 3. The number of aliphatic hydroxyl groups excluding tert-OH is 1. The van der Waals surface area contributed by atoms with Gasteiger partial charge in [-0.15, -0.1) is 0 Å². The fraction of sp³-hybridized carbons (Fsp3) is 0.0625. The SMILES string of the molecule is OC(c1cc(F)c(F)c(F)c1)c1cccc2ncccc12. The lowest BCUT2D eigenvalue weighted by Crippen LogP contribution is -2.04. The number of hydrogen-bond donors (Lipinski definition) is 1. The van der Waals surface area contributed by atoms with Crippen molar-refractivity contribution < 1.29 is 18.3 Å². The summed E-state index contributed by atoms with van der Waals surface area (Å²) >= 11 is 0. The molecule has 21 heavy (non-hydrogen) atoms. The van der Waals surface area contributed by atoms with E-state index in [-0.39, 0.29) is 5.56 Å². The van der Waals surface area contributed by atoms with Crippen LogP contribution in [0, 0.1) is 17.5 Å². The summed E-state index contributed by atoms with van der Waals surface area (Å²) in [6, 6.07) is 10.1. The number of pyridine rings is 1. The summed E-state index contributed by atoms with van der Waals surface area (Å²) < 4.78 is 39.6. The molecule has 0 amide bonds. The molecule has 3 aromatic rings. The second-order valence-corrected chi connectivity index (χ2v) is 4.62. The maximum atomic E-state index is 13.3. The van der Waals surface area contributed by atoms with Crippen LogP contribution in [0.15, 0.2) is 48.7 Å². The third kappa shape index (κ3) is 2.36. The average Bonchev–Trinajstić information content (AvgIpc) is 2.51. The van der Waals surface area contributed by atoms with Crippen molar-refractivity contribution in [3.05, 3.63) is 77.2 Å². The van der Waals surface area contributed by atoms with Crippen LogP contribution in [0.4, 0.5) is 13.2 Å². The summed E-state index contributed by atoms with van der Waals surface area (Å²) in [7, 11) is 0. The third-order valence-electron chi connectivity index (χ3n) is 3.30. The first-order valence-electron chi connectivity index (χ1n) is 6.24. The van der Waals surface area contributed by atoms with Crippen molar-refractivity contribution in [2.24, 2.45) is 0 Å². The topological polar surface area (TPSA) is 33.1 Å². The van der Waals surface area contributed by atoms with Crippen molar-refractivity contribution in [1.82, 2.24) is 4.98 Å². The van der Waals surface area contributed by atoms with Gasteiger partial charge in [-0.1, -0.05) is 18.2 Å². The molecule has 0 aliphatic rings. The van der Waals surface area contributed by atoms with Crippen molar-refractivity contribution in [2.75, 3.05) is 0 Å². The van der Waals surface area contributed by atoms with Gasteiger partial charge >= 0.3 is 0 Å². The van der Waals surface area contributed by atoms with Gasteiger partial charge in [0, 0.05) is 11.6 Å². The first-order chi connectivity index (χ1) is 10.1. The minimum absolute atomic E-state index is 0.0530. The zero-order chi connectivity index (χ0) is 15.0. The van der Waals surface area contributed by atoms with Crippen LogP contribution in [-0.4, -0.2) is 10.1 Å². The smallest absolute Gasteiger partial charge is 0.194 e. The molecule has 1 aromatic heterocycles. The van der Waals surface area contributed by atoms with Crippen LogP contribution in [-0.2, 0) is 0 Å². The second-order valence-electron chi connectivity index (χ2n) is 4.62. The van der Waals surface area contributed by atoms with Gasteiger partial charge in [0.05, 0.1) is 5.52 Å². The fourth-order valence-electron chi connectivity index (χ4n) is 2.28. The first-order valence-corrected chi connectivity index (χ1v) is 6.24. The molecular weight excluding hydrogens is 279 g/mol. The van der Waals surface area contributed by atoms with E-state index < -0.39 is 23.6 Å². The number of benzene rings is 2. The van der Waals surface area contributed by atoms with Crippen LogP contribution in [0.25, 0.3) is 10.9 Å². The number of aliphatic hydroxyl groups is 1. The minimum atomic E-state index is -1.55. The molecule has 2 aromatic carbocycles. The van der Waals surface area contributed by atoms with Crippen LogP contribution in [0.3, 0.4) is 0 Å². The minimum Gasteiger partial charge on any atom is -0.384 e.